The van der Waals surface area contributed by atoms with Crippen LogP contribution in [0, 0.1) is 0 Å². The zero-order valence-corrected chi connectivity index (χ0v) is 21.6. The van der Waals surface area contributed by atoms with Crippen LogP contribution in [-0.2, 0) is 17.9 Å². The molecule has 0 aliphatic rings. The van der Waals surface area contributed by atoms with Crippen molar-refractivity contribution >= 4 is 35.5 Å². The molecular weight excluding hydrogens is 468 g/mol. The van der Waals surface area contributed by atoms with Gasteiger partial charge in [-0.3, -0.25) is 14.9 Å². The first-order valence-electron chi connectivity index (χ1n) is 12.6. The Kier molecular flexibility index (Phi) is 10.5. The van der Waals surface area contributed by atoms with Gasteiger partial charge in [0.05, 0.1) is 30.2 Å². The van der Waals surface area contributed by atoms with Crippen LogP contribution >= 0.6 is 0 Å². The van der Waals surface area contributed by atoms with Crippen LogP contribution in [0.25, 0.3) is 11.0 Å². The fourth-order valence-electron chi connectivity index (χ4n) is 3.94. The van der Waals surface area contributed by atoms with E-state index in [1.54, 1.807) is 31.2 Å². The summed E-state index contributed by atoms with van der Waals surface area (Å²) in [6.07, 6.45) is 5.26. The van der Waals surface area contributed by atoms with E-state index in [0.29, 0.717) is 24.5 Å². The van der Waals surface area contributed by atoms with Gasteiger partial charge in [-0.25, -0.2) is 9.99 Å². The van der Waals surface area contributed by atoms with Gasteiger partial charge in [-0.1, -0.05) is 43.7 Å². The summed E-state index contributed by atoms with van der Waals surface area (Å²) >= 11 is 0. The van der Waals surface area contributed by atoms with Gasteiger partial charge in [-0.15, -0.1) is 0 Å². The topological polar surface area (TPSA) is 112 Å². The fourth-order valence-corrected chi connectivity index (χ4v) is 3.94. The molecule has 0 bridgehead atoms. The number of unbranched alkanes of at least 4 members (excludes halogenated alkanes) is 1. The van der Waals surface area contributed by atoms with E-state index in [1.165, 1.54) is 11.1 Å². The van der Waals surface area contributed by atoms with Gasteiger partial charge in [0.25, 0.3) is 11.8 Å². The molecule has 9 nitrogen and oxygen atoms in total. The van der Waals surface area contributed by atoms with Crippen LogP contribution in [0.4, 0.5) is 5.95 Å². The summed E-state index contributed by atoms with van der Waals surface area (Å²) in [4.78, 5) is 29.9. The fraction of sp³-hybridized carbons (Fsp3) is 0.357. The molecule has 0 aliphatic carbocycles. The number of para-hydroxylation sites is 2. The Balaban J connectivity index is 1.75. The van der Waals surface area contributed by atoms with Gasteiger partial charge >= 0.3 is 0 Å². The average Bonchev–Trinajstić information content (AvgIpc) is 3.23. The highest BCUT2D eigenvalue weighted by atomic mass is 16.3. The number of carbonyl (C=O) groups excluding carboxylic acids is 2. The standard InChI is InChI=1S/C28H36N6O3/c1-4-6-16-30-17-15-23(35)20-33-25-14-8-7-13-24(25)31-28(33)32-27(37)22-12-9-11-21(18-22)19-34(29-3)26(36)10-5-2/h5,7-14,18,23,30,35H,3-4,6,15-17,19-20H2,1-2H3,(H,31,32,37)/b10-5-. The zero-order valence-electron chi connectivity index (χ0n) is 21.6. The van der Waals surface area contributed by atoms with E-state index in [9.17, 15) is 14.7 Å². The quantitative estimate of drug-likeness (QED) is 0.133. The predicted molar refractivity (Wildman–Crippen MR) is 147 cm³/mol. The van der Waals surface area contributed by atoms with Gasteiger partial charge in [0.2, 0.25) is 5.95 Å². The van der Waals surface area contributed by atoms with Crippen molar-refractivity contribution in [2.24, 2.45) is 5.10 Å². The van der Waals surface area contributed by atoms with Crippen molar-refractivity contribution < 1.29 is 14.7 Å². The highest BCUT2D eigenvalue weighted by Gasteiger charge is 2.18. The minimum absolute atomic E-state index is 0.185. The molecule has 0 saturated carbocycles. The summed E-state index contributed by atoms with van der Waals surface area (Å²) < 4.78 is 1.84. The molecule has 3 N–H and O–H groups in total. The van der Waals surface area contributed by atoms with Gasteiger partial charge in [-0.2, -0.15) is 5.10 Å². The van der Waals surface area contributed by atoms with Gasteiger partial charge < -0.3 is 15.0 Å². The summed E-state index contributed by atoms with van der Waals surface area (Å²) in [7, 11) is 0. The third-order valence-electron chi connectivity index (χ3n) is 5.89. The van der Waals surface area contributed by atoms with E-state index >= 15 is 0 Å². The van der Waals surface area contributed by atoms with Crippen molar-refractivity contribution in [1.82, 2.24) is 19.9 Å². The number of anilines is 1. The molecule has 2 aromatic carbocycles. The summed E-state index contributed by atoms with van der Waals surface area (Å²) in [5.74, 6) is -0.264. The summed E-state index contributed by atoms with van der Waals surface area (Å²) in [6, 6.07) is 14.6. The number of carbonyl (C=O) groups is 2. The molecule has 0 aliphatic heterocycles. The minimum Gasteiger partial charge on any atom is -0.391 e. The van der Waals surface area contributed by atoms with E-state index in [2.05, 4.69) is 34.4 Å². The lowest BCUT2D eigenvalue weighted by Gasteiger charge is -2.16. The molecule has 196 valence electrons. The molecule has 1 unspecified atom stereocenters. The molecule has 3 aromatic rings. The van der Waals surface area contributed by atoms with Crippen LogP contribution in [0.3, 0.4) is 0 Å². The maximum absolute atomic E-state index is 13.2. The number of nitrogens with zero attached hydrogens (tertiary/aromatic N) is 4. The lowest BCUT2D eigenvalue weighted by atomic mass is 10.1. The second-order valence-electron chi connectivity index (χ2n) is 8.77. The Morgan fingerprint density at radius 1 is 1.22 bits per heavy atom. The second kappa shape index (κ2) is 14.1. The maximum atomic E-state index is 13.2. The Morgan fingerprint density at radius 3 is 2.78 bits per heavy atom. The van der Waals surface area contributed by atoms with Crippen LogP contribution in [0.2, 0.25) is 0 Å². The van der Waals surface area contributed by atoms with E-state index in [1.807, 2.05) is 34.9 Å². The number of hydrazone groups is 1. The highest BCUT2D eigenvalue weighted by Crippen LogP contribution is 2.21. The minimum atomic E-state index is -0.599. The van der Waals surface area contributed by atoms with Crippen LogP contribution in [0.5, 0.6) is 0 Å². The lowest BCUT2D eigenvalue weighted by molar-refractivity contribution is -0.126. The number of rotatable bonds is 14. The molecule has 37 heavy (non-hydrogen) atoms. The molecule has 0 spiro atoms. The number of aromatic nitrogens is 2. The largest absolute Gasteiger partial charge is 0.391 e. The van der Waals surface area contributed by atoms with Crippen molar-refractivity contribution in [3.05, 3.63) is 71.8 Å². The van der Waals surface area contributed by atoms with Crippen molar-refractivity contribution in [3.8, 4) is 0 Å². The Morgan fingerprint density at radius 2 is 2.03 bits per heavy atom. The van der Waals surface area contributed by atoms with E-state index in [-0.39, 0.29) is 18.4 Å². The van der Waals surface area contributed by atoms with Crippen LogP contribution in [-0.4, -0.2) is 57.4 Å². The normalized spacial score (nSPS) is 12.1. The van der Waals surface area contributed by atoms with E-state index < -0.39 is 6.10 Å². The number of hydrogen-bond donors (Lipinski definition) is 3. The number of allylic oxidation sites excluding steroid dienone is 1. The first kappa shape index (κ1) is 27.8. The van der Waals surface area contributed by atoms with E-state index in [4.69, 9.17) is 0 Å². The SMILES string of the molecule is C=NN(Cc1cccc(C(=O)Nc2nc3ccccc3n2CC(O)CCNCCCC)c1)C(=O)/C=C\C. The Labute approximate surface area is 217 Å². The first-order chi connectivity index (χ1) is 18.0. The average molecular weight is 505 g/mol. The number of aliphatic hydroxyl groups excluding tert-OH is 1. The lowest BCUT2D eigenvalue weighted by Crippen LogP contribution is -2.25. The molecule has 1 heterocycles. The molecule has 9 heteroatoms. The van der Waals surface area contributed by atoms with E-state index in [0.717, 1.165) is 42.5 Å². The van der Waals surface area contributed by atoms with Gasteiger partial charge in [0, 0.05) is 18.4 Å². The molecule has 0 radical (unpaired) electrons. The molecule has 1 atom stereocenters. The molecule has 1 aromatic heterocycles. The van der Waals surface area contributed by atoms with Crippen molar-refractivity contribution in [3.63, 3.8) is 0 Å². The van der Waals surface area contributed by atoms with Gasteiger partial charge in [0.15, 0.2) is 0 Å². The summed E-state index contributed by atoms with van der Waals surface area (Å²) in [5.41, 5.74) is 2.71. The number of nitrogens with one attached hydrogen (secondary N) is 2. The Hall–Kier alpha value is -3.82. The third-order valence-corrected chi connectivity index (χ3v) is 5.89. The first-order valence-corrected chi connectivity index (χ1v) is 12.6. The number of amides is 2. The monoisotopic (exact) mass is 504 g/mol. The van der Waals surface area contributed by atoms with Crippen LogP contribution in [0.1, 0.15) is 49.0 Å². The number of benzene rings is 2. The van der Waals surface area contributed by atoms with Gasteiger partial charge in [-0.05, 0) is 62.7 Å². The molecular formula is C28H36N6O3. The molecule has 0 saturated heterocycles. The molecule has 0 fully saturated rings. The highest BCUT2D eigenvalue weighted by molar-refractivity contribution is 6.04. The second-order valence-corrected chi connectivity index (χ2v) is 8.77. The number of aliphatic hydroxyl groups is 1. The number of imidazole rings is 1. The summed E-state index contributed by atoms with van der Waals surface area (Å²) in [6.45, 7) is 9.50. The van der Waals surface area contributed by atoms with Crippen molar-refractivity contribution in [2.45, 2.75) is 52.3 Å². The predicted octanol–water partition coefficient (Wildman–Crippen LogP) is 3.95. The number of hydrogen-bond acceptors (Lipinski definition) is 6. The maximum Gasteiger partial charge on any atom is 0.266 e. The molecule has 3 rings (SSSR count). The number of fused-ring (bicyclic) bond motifs is 1. The van der Waals surface area contributed by atoms with Gasteiger partial charge in [0.1, 0.15) is 0 Å². The van der Waals surface area contributed by atoms with Crippen LogP contribution < -0.4 is 10.6 Å². The smallest absolute Gasteiger partial charge is 0.266 e. The third kappa shape index (κ3) is 7.83. The Bertz CT molecular complexity index is 1240. The summed E-state index contributed by atoms with van der Waals surface area (Å²) in [5, 5.41) is 21.9. The zero-order chi connectivity index (χ0) is 26.6. The van der Waals surface area contributed by atoms with Crippen molar-refractivity contribution in [2.75, 3.05) is 18.4 Å². The van der Waals surface area contributed by atoms with Crippen molar-refractivity contribution in [1.29, 1.82) is 0 Å². The van der Waals surface area contributed by atoms with Crippen LogP contribution in [0.15, 0.2) is 65.8 Å². The molecule has 2 amide bonds.